The molecule has 4 heteroatoms. The molecule has 1 amide bonds. The molecule has 2 N–H and O–H groups in total. The van der Waals surface area contributed by atoms with E-state index in [0.29, 0.717) is 6.42 Å². The van der Waals surface area contributed by atoms with E-state index < -0.39 is 0 Å². The monoisotopic (exact) mass is 256 g/mol. The molecule has 1 aliphatic rings. The number of hydrogen-bond acceptors (Lipinski definition) is 3. The van der Waals surface area contributed by atoms with Crippen molar-refractivity contribution in [1.82, 2.24) is 10.6 Å². The predicted molar refractivity (Wildman–Crippen MR) is 73.6 cm³/mol. The Morgan fingerprint density at radius 1 is 1.28 bits per heavy atom. The number of rotatable bonds is 9. The smallest absolute Gasteiger partial charge is 0.222 e. The molecule has 1 aliphatic heterocycles. The maximum absolute atomic E-state index is 11.6. The normalized spacial score (nSPS) is 19.7. The van der Waals surface area contributed by atoms with Crippen molar-refractivity contribution in [3.8, 4) is 0 Å². The van der Waals surface area contributed by atoms with Crippen LogP contribution in [0.3, 0.4) is 0 Å². The molecule has 0 aromatic heterocycles. The van der Waals surface area contributed by atoms with Crippen LogP contribution in [0.15, 0.2) is 0 Å². The molecule has 18 heavy (non-hydrogen) atoms. The Labute approximate surface area is 111 Å². The Bertz CT molecular complexity index is 216. The summed E-state index contributed by atoms with van der Waals surface area (Å²) >= 11 is 0. The molecule has 1 rings (SSSR count). The summed E-state index contributed by atoms with van der Waals surface area (Å²) in [6.45, 7) is 5.45. The van der Waals surface area contributed by atoms with Crippen molar-refractivity contribution >= 4 is 5.91 Å². The number of amides is 1. The average Bonchev–Trinajstić information content (AvgIpc) is 2.39. The van der Waals surface area contributed by atoms with Crippen molar-refractivity contribution in [2.75, 3.05) is 26.2 Å². The standard InChI is InChI=1S/C14H28N2O2/c1-2-3-4-5-6-7-8-16-14(17)11-13-12-15-9-10-18-13/h13,15H,2-12H2,1H3,(H,16,17). The summed E-state index contributed by atoms with van der Waals surface area (Å²) in [6.07, 6.45) is 8.10. The molecule has 0 aliphatic carbocycles. The van der Waals surface area contributed by atoms with Gasteiger partial charge in [-0.15, -0.1) is 0 Å². The molecule has 1 saturated heterocycles. The first-order valence-corrected chi connectivity index (χ1v) is 7.42. The molecule has 106 valence electrons. The van der Waals surface area contributed by atoms with Crippen molar-refractivity contribution in [3.63, 3.8) is 0 Å². The Hall–Kier alpha value is -0.610. The van der Waals surface area contributed by atoms with Crippen LogP contribution in [0, 0.1) is 0 Å². The van der Waals surface area contributed by atoms with Gasteiger partial charge < -0.3 is 15.4 Å². The van der Waals surface area contributed by atoms with E-state index in [9.17, 15) is 4.79 Å². The van der Waals surface area contributed by atoms with Gasteiger partial charge in [-0.05, 0) is 6.42 Å². The zero-order chi connectivity index (χ0) is 13.1. The van der Waals surface area contributed by atoms with Crippen molar-refractivity contribution in [2.45, 2.75) is 58.0 Å². The highest BCUT2D eigenvalue weighted by molar-refractivity contribution is 5.76. The highest BCUT2D eigenvalue weighted by Gasteiger charge is 2.16. The number of nitrogens with one attached hydrogen (secondary N) is 2. The van der Waals surface area contributed by atoms with Gasteiger partial charge in [-0.3, -0.25) is 4.79 Å². The summed E-state index contributed by atoms with van der Waals surface area (Å²) in [4.78, 5) is 11.6. The third-order valence-electron chi connectivity index (χ3n) is 3.27. The van der Waals surface area contributed by atoms with Crippen LogP contribution in [0.1, 0.15) is 51.9 Å². The lowest BCUT2D eigenvalue weighted by molar-refractivity contribution is -0.124. The van der Waals surface area contributed by atoms with Crippen LogP contribution in [-0.2, 0) is 9.53 Å². The van der Waals surface area contributed by atoms with Crippen LogP contribution < -0.4 is 10.6 Å². The molecule has 0 saturated carbocycles. The molecule has 0 aromatic carbocycles. The summed E-state index contributed by atoms with van der Waals surface area (Å²) in [7, 11) is 0. The van der Waals surface area contributed by atoms with Crippen LogP contribution in [0.25, 0.3) is 0 Å². The number of ether oxygens (including phenoxy) is 1. The van der Waals surface area contributed by atoms with Crippen molar-refractivity contribution in [3.05, 3.63) is 0 Å². The summed E-state index contributed by atoms with van der Waals surface area (Å²) in [5.41, 5.74) is 0. The van der Waals surface area contributed by atoms with E-state index in [1.54, 1.807) is 0 Å². The summed E-state index contributed by atoms with van der Waals surface area (Å²) in [6, 6.07) is 0. The van der Waals surface area contributed by atoms with Crippen molar-refractivity contribution in [2.24, 2.45) is 0 Å². The van der Waals surface area contributed by atoms with Gasteiger partial charge in [0, 0.05) is 19.6 Å². The third-order valence-corrected chi connectivity index (χ3v) is 3.27. The molecule has 1 heterocycles. The fraction of sp³-hybridized carbons (Fsp3) is 0.929. The fourth-order valence-electron chi connectivity index (χ4n) is 2.16. The van der Waals surface area contributed by atoms with E-state index in [1.165, 1.54) is 32.1 Å². The van der Waals surface area contributed by atoms with Gasteiger partial charge >= 0.3 is 0 Å². The van der Waals surface area contributed by atoms with Crippen LogP contribution in [0.4, 0.5) is 0 Å². The predicted octanol–water partition coefficient (Wildman–Crippen LogP) is 1.84. The van der Waals surface area contributed by atoms with Gasteiger partial charge in [0.1, 0.15) is 0 Å². The second-order valence-corrected chi connectivity index (χ2v) is 5.02. The van der Waals surface area contributed by atoms with E-state index in [2.05, 4.69) is 17.6 Å². The SMILES string of the molecule is CCCCCCCCNC(=O)CC1CNCCO1. The van der Waals surface area contributed by atoms with E-state index >= 15 is 0 Å². The molecule has 1 atom stereocenters. The van der Waals surface area contributed by atoms with E-state index in [0.717, 1.165) is 32.7 Å². The molecule has 0 aromatic rings. The van der Waals surface area contributed by atoms with E-state index in [-0.39, 0.29) is 12.0 Å². The maximum atomic E-state index is 11.6. The van der Waals surface area contributed by atoms with Gasteiger partial charge in [-0.1, -0.05) is 39.0 Å². The van der Waals surface area contributed by atoms with Gasteiger partial charge in [-0.2, -0.15) is 0 Å². The first-order valence-electron chi connectivity index (χ1n) is 7.42. The zero-order valence-corrected chi connectivity index (χ0v) is 11.7. The Morgan fingerprint density at radius 3 is 2.78 bits per heavy atom. The number of unbranched alkanes of at least 4 members (excludes halogenated alkanes) is 5. The molecule has 1 unspecified atom stereocenters. The Kier molecular flexibility index (Phi) is 8.86. The van der Waals surface area contributed by atoms with Crippen LogP contribution in [0.2, 0.25) is 0 Å². The highest BCUT2D eigenvalue weighted by Crippen LogP contribution is 2.04. The lowest BCUT2D eigenvalue weighted by Gasteiger charge is -2.23. The minimum absolute atomic E-state index is 0.0586. The molecule has 0 bridgehead atoms. The van der Waals surface area contributed by atoms with Gasteiger partial charge in [0.2, 0.25) is 5.91 Å². The zero-order valence-electron chi connectivity index (χ0n) is 11.7. The quantitative estimate of drug-likeness (QED) is 0.619. The number of carbonyl (C=O) groups is 1. The summed E-state index contributed by atoms with van der Waals surface area (Å²) < 4.78 is 5.50. The first kappa shape index (κ1) is 15.4. The Balaban J connectivity index is 1.90. The van der Waals surface area contributed by atoms with Crippen molar-refractivity contribution in [1.29, 1.82) is 0 Å². The van der Waals surface area contributed by atoms with E-state index in [1.807, 2.05) is 0 Å². The van der Waals surface area contributed by atoms with Gasteiger partial charge in [0.05, 0.1) is 19.1 Å². The fourth-order valence-corrected chi connectivity index (χ4v) is 2.16. The molecular weight excluding hydrogens is 228 g/mol. The van der Waals surface area contributed by atoms with Crippen LogP contribution in [-0.4, -0.2) is 38.3 Å². The van der Waals surface area contributed by atoms with Gasteiger partial charge in [0.15, 0.2) is 0 Å². The largest absolute Gasteiger partial charge is 0.375 e. The molecule has 1 fully saturated rings. The first-order chi connectivity index (χ1) is 8.83. The number of hydrogen-bond donors (Lipinski definition) is 2. The lowest BCUT2D eigenvalue weighted by atomic mass is 10.1. The average molecular weight is 256 g/mol. The van der Waals surface area contributed by atoms with Crippen LogP contribution in [0.5, 0.6) is 0 Å². The lowest BCUT2D eigenvalue weighted by Crippen LogP contribution is -2.41. The molecule has 4 nitrogen and oxygen atoms in total. The van der Waals surface area contributed by atoms with Crippen LogP contribution >= 0.6 is 0 Å². The van der Waals surface area contributed by atoms with Gasteiger partial charge in [0.25, 0.3) is 0 Å². The summed E-state index contributed by atoms with van der Waals surface area (Å²) in [5, 5.41) is 6.21. The van der Waals surface area contributed by atoms with Gasteiger partial charge in [-0.25, -0.2) is 0 Å². The molecule has 0 radical (unpaired) electrons. The summed E-state index contributed by atoms with van der Waals surface area (Å²) in [5.74, 6) is 0.122. The van der Waals surface area contributed by atoms with E-state index in [4.69, 9.17) is 4.74 Å². The molecule has 0 spiro atoms. The number of carbonyl (C=O) groups excluding carboxylic acids is 1. The number of morpholine rings is 1. The minimum atomic E-state index is 0.0586. The third kappa shape index (κ3) is 7.67. The maximum Gasteiger partial charge on any atom is 0.222 e. The topological polar surface area (TPSA) is 50.4 Å². The van der Waals surface area contributed by atoms with Crippen molar-refractivity contribution < 1.29 is 9.53 Å². The highest BCUT2D eigenvalue weighted by atomic mass is 16.5. The Morgan fingerprint density at radius 2 is 2.06 bits per heavy atom. The second kappa shape index (κ2) is 10.3. The second-order valence-electron chi connectivity index (χ2n) is 5.02. The molecular formula is C14H28N2O2. The minimum Gasteiger partial charge on any atom is -0.375 e.